The predicted octanol–water partition coefficient (Wildman–Crippen LogP) is 2.27. The largest absolute Gasteiger partial charge is 0.379 e. The maximum atomic E-state index is 5.52. The van der Waals surface area contributed by atoms with Crippen molar-refractivity contribution in [3.05, 3.63) is 18.3 Å². The molecule has 1 atom stereocenters. The van der Waals surface area contributed by atoms with Gasteiger partial charge in [-0.25, -0.2) is 4.98 Å². The average molecular weight is 247 g/mol. The van der Waals surface area contributed by atoms with Gasteiger partial charge in [0.05, 0.1) is 12.3 Å². The zero-order chi connectivity index (χ0) is 12.2. The summed E-state index contributed by atoms with van der Waals surface area (Å²) < 4.78 is 5.52. The number of anilines is 2. The molecule has 1 unspecified atom stereocenters. The molecule has 0 aromatic carbocycles. The van der Waals surface area contributed by atoms with Crippen molar-refractivity contribution in [2.24, 2.45) is 0 Å². The topological polar surface area (TPSA) is 37.4 Å². The van der Waals surface area contributed by atoms with Crippen LogP contribution < -0.4 is 10.2 Å². The Morgan fingerprint density at radius 2 is 2.17 bits per heavy atom. The number of pyridine rings is 1. The minimum absolute atomic E-state index is 0.435. The smallest absolute Gasteiger partial charge is 0.151 e. The van der Waals surface area contributed by atoms with Crippen LogP contribution in [0.1, 0.15) is 25.7 Å². The molecule has 1 aromatic heterocycles. The first kappa shape index (κ1) is 11.8. The lowest BCUT2D eigenvalue weighted by atomic mass is 10.1. The highest BCUT2D eigenvalue weighted by atomic mass is 16.5. The quantitative estimate of drug-likeness (QED) is 0.889. The van der Waals surface area contributed by atoms with Crippen LogP contribution in [-0.2, 0) is 4.74 Å². The highest BCUT2D eigenvalue weighted by Crippen LogP contribution is 2.27. The zero-order valence-corrected chi connectivity index (χ0v) is 10.8. The third kappa shape index (κ3) is 2.58. The molecule has 0 amide bonds. The van der Waals surface area contributed by atoms with Crippen molar-refractivity contribution in [2.75, 3.05) is 36.5 Å². The number of hydrogen-bond donors (Lipinski definition) is 1. The van der Waals surface area contributed by atoms with E-state index < -0.39 is 0 Å². The summed E-state index contributed by atoms with van der Waals surface area (Å²) in [6.45, 7) is 3.98. The second kappa shape index (κ2) is 5.57. The Morgan fingerprint density at radius 1 is 1.28 bits per heavy atom. The normalized spacial score (nSPS) is 24.2. The summed E-state index contributed by atoms with van der Waals surface area (Å²) in [4.78, 5) is 6.93. The van der Waals surface area contributed by atoms with E-state index in [2.05, 4.69) is 21.3 Å². The van der Waals surface area contributed by atoms with Crippen LogP contribution in [0.5, 0.6) is 0 Å². The fraction of sp³-hybridized carbons (Fsp3) is 0.643. The predicted molar refractivity (Wildman–Crippen MR) is 73.1 cm³/mol. The molecule has 4 nitrogen and oxygen atoms in total. The van der Waals surface area contributed by atoms with Crippen molar-refractivity contribution < 1.29 is 4.74 Å². The fourth-order valence-electron chi connectivity index (χ4n) is 2.77. The summed E-state index contributed by atoms with van der Waals surface area (Å²) in [5, 5.41) is 3.60. The van der Waals surface area contributed by atoms with Crippen LogP contribution in [0, 0.1) is 0 Å². The van der Waals surface area contributed by atoms with Crippen molar-refractivity contribution in [3.63, 3.8) is 0 Å². The Kier molecular flexibility index (Phi) is 3.64. The summed E-state index contributed by atoms with van der Waals surface area (Å²) in [7, 11) is 0. The Labute approximate surface area is 108 Å². The number of nitrogens with zero attached hydrogens (tertiary/aromatic N) is 2. The number of ether oxygens (including phenoxy) is 1. The Bertz CT molecular complexity index is 384. The third-order valence-electron chi connectivity index (χ3n) is 3.71. The van der Waals surface area contributed by atoms with Gasteiger partial charge in [0.1, 0.15) is 0 Å². The van der Waals surface area contributed by atoms with E-state index in [0.717, 1.165) is 44.2 Å². The van der Waals surface area contributed by atoms with Crippen molar-refractivity contribution >= 4 is 11.5 Å². The van der Waals surface area contributed by atoms with Gasteiger partial charge in [0.2, 0.25) is 0 Å². The van der Waals surface area contributed by atoms with Gasteiger partial charge in [-0.05, 0) is 37.8 Å². The van der Waals surface area contributed by atoms with Crippen LogP contribution in [0.2, 0.25) is 0 Å². The van der Waals surface area contributed by atoms with Crippen molar-refractivity contribution in [1.29, 1.82) is 0 Å². The Balaban J connectivity index is 1.73. The molecule has 18 heavy (non-hydrogen) atoms. The highest BCUT2D eigenvalue weighted by Gasteiger charge is 2.19. The molecular weight excluding hydrogens is 226 g/mol. The Hall–Kier alpha value is -1.29. The van der Waals surface area contributed by atoms with E-state index in [-0.39, 0.29) is 0 Å². The first-order valence-electron chi connectivity index (χ1n) is 6.98. The maximum Gasteiger partial charge on any atom is 0.151 e. The molecular formula is C14H21N3O. The van der Waals surface area contributed by atoms with Crippen molar-refractivity contribution in [2.45, 2.75) is 31.7 Å². The van der Waals surface area contributed by atoms with E-state index in [1.165, 1.54) is 19.3 Å². The number of hydrogen-bond acceptors (Lipinski definition) is 4. The van der Waals surface area contributed by atoms with Gasteiger partial charge >= 0.3 is 0 Å². The molecule has 0 saturated carbocycles. The third-order valence-corrected chi connectivity index (χ3v) is 3.71. The average Bonchev–Trinajstić information content (AvgIpc) is 2.94. The highest BCUT2D eigenvalue weighted by molar-refractivity contribution is 5.66. The molecule has 0 aliphatic carbocycles. The minimum Gasteiger partial charge on any atom is -0.379 e. The lowest BCUT2D eigenvalue weighted by Crippen LogP contribution is -2.31. The molecule has 3 rings (SSSR count). The Morgan fingerprint density at radius 3 is 2.94 bits per heavy atom. The van der Waals surface area contributed by atoms with Gasteiger partial charge in [-0.3, -0.25) is 0 Å². The second-order valence-corrected chi connectivity index (χ2v) is 5.13. The molecule has 1 N–H and O–H groups in total. The molecule has 2 aliphatic rings. The molecule has 4 heteroatoms. The maximum absolute atomic E-state index is 5.52. The van der Waals surface area contributed by atoms with Crippen LogP contribution in [0.15, 0.2) is 18.3 Å². The van der Waals surface area contributed by atoms with Crippen molar-refractivity contribution in [3.8, 4) is 0 Å². The molecule has 0 spiro atoms. The zero-order valence-electron chi connectivity index (χ0n) is 10.8. The van der Waals surface area contributed by atoms with Gasteiger partial charge in [0.15, 0.2) is 5.82 Å². The molecule has 0 bridgehead atoms. The van der Waals surface area contributed by atoms with Crippen LogP contribution in [0.3, 0.4) is 0 Å². The number of nitrogens with one attached hydrogen (secondary N) is 1. The number of rotatable bonds is 3. The first-order valence-corrected chi connectivity index (χ1v) is 6.98. The van der Waals surface area contributed by atoms with E-state index in [1.54, 1.807) is 0 Å². The van der Waals surface area contributed by atoms with E-state index in [0.29, 0.717) is 6.04 Å². The number of aromatic nitrogens is 1. The van der Waals surface area contributed by atoms with Gasteiger partial charge < -0.3 is 15.0 Å². The van der Waals surface area contributed by atoms with E-state index in [4.69, 9.17) is 4.74 Å². The SMILES string of the molecule is c1cnc(N2CCCC2)c(NC2CCCOC2)c1. The lowest BCUT2D eigenvalue weighted by molar-refractivity contribution is 0.0876. The van der Waals surface area contributed by atoms with Crippen LogP contribution in [0.4, 0.5) is 11.5 Å². The van der Waals surface area contributed by atoms with Crippen LogP contribution >= 0.6 is 0 Å². The molecule has 0 radical (unpaired) electrons. The van der Waals surface area contributed by atoms with Gasteiger partial charge in [0, 0.05) is 31.9 Å². The van der Waals surface area contributed by atoms with Crippen molar-refractivity contribution in [1.82, 2.24) is 4.98 Å². The van der Waals surface area contributed by atoms with E-state index in [1.807, 2.05) is 12.3 Å². The summed E-state index contributed by atoms with van der Waals surface area (Å²) in [6, 6.07) is 4.57. The van der Waals surface area contributed by atoms with Gasteiger partial charge in [0.25, 0.3) is 0 Å². The fourth-order valence-corrected chi connectivity index (χ4v) is 2.77. The first-order chi connectivity index (χ1) is 8.93. The lowest BCUT2D eigenvalue weighted by Gasteiger charge is -2.27. The second-order valence-electron chi connectivity index (χ2n) is 5.13. The van der Waals surface area contributed by atoms with E-state index in [9.17, 15) is 0 Å². The van der Waals surface area contributed by atoms with Crippen LogP contribution in [0.25, 0.3) is 0 Å². The summed E-state index contributed by atoms with van der Waals surface area (Å²) in [5.41, 5.74) is 1.16. The summed E-state index contributed by atoms with van der Waals surface area (Å²) in [5.74, 6) is 1.11. The molecule has 2 saturated heterocycles. The minimum atomic E-state index is 0.435. The molecule has 98 valence electrons. The molecule has 1 aromatic rings. The monoisotopic (exact) mass is 247 g/mol. The summed E-state index contributed by atoms with van der Waals surface area (Å²) in [6.07, 6.45) is 6.78. The van der Waals surface area contributed by atoms with Gasteiger partial charge in [-0.2, -0.15) is 0 Å². The van der Waals surface area contributed by atoms with Crippen LogP contribution in [-0.4, -0.2) is 37.3 Å². The standard InChI is InChI=1S/C14H21N3O/c1-2-9-17(8-1)14-13(6-3-7-15-14)16-12-5-4-10-18-11-12/h3,6-7,12,16H,1-2,4-5,8-11H2. The van der Waals surface area contributed by atoms with E-state index >= 15 is 0 Å². The summed E-state index contributed by atoms with van der Waals surface area (Å²) >= 11 is 0. The van der Waals surface area contributed by atoms with Gasteiger partial charge in [-0.15, -0.1) is 0 Å². The molecule has 2 fully saturated rings. The van der Waals surface area contributed by atoms with Gasteiger partial charge in [-0.1, -0.05) is 0 Å². The molecule has 3 heterocycles. The molecule has 2 aliphatic heterocycles.